The number of nitrogens with one attached hydrogen (secondary N) is 3. The van der Waals surface area contributed by atoms with Crippen molar-refractivity contribution in [1.29, 1.82) is 0 Å². The van der Waals surface area contributed by atoms with Crippen molar-refractivity contribution < 1.29 is 43.1 Å². The van der Waals surface area contributed by atoms with E-state index in [4.69, 9.17) is 18.9 Å². The molecule has 1 aromatic carbocycles. The molecular weight excluding hydrogens is 555 g/mol. The lowest BCUT2D eigenvalue weighted by atomic mass is 9.90. The van der Waals surface area contributed by atoms with Crippen molar-refractivity contribution >= 4 is 25.8 Å². The van der Waals surface area contributed by atoms with Gasteiger partial charge in [0.1, 0.15) is 11.5 Å². The monoisotopic (exact) mass is 596 g/mol. The molecule has 0 aliphatic rings. The number of hydrogen-bond donors (Lipinski definition) is 6. The van der Waals surface area contributed by atoms with Crippen LogP contribution >= 0.6 is 7.60 Å². The number of hydrogen-bond acceptors (Lipinski definition) is 8. The van der Waals surface area contributed by atoms with Gasteiger partial charge in [0.2, 0.25) is 12.3 Å². The lowest BCUT2D eigenvalue weighted by molar-refractivity contribution is -0.168. The van der Waals surface area contributed by atoms with Gasteiger partial charge in [0.25, 0.3) is 5.91 Å². The molecule has 0 radical (unpaired) electrons. The Kier molecular flexibility index (Phi) is 14.0. The number of furan rings is 1. The zero-order valence-electron chi connectivity index (χ0n) is 23.7. The average molecular weight is 597 g/mol. The van der Waals surface area contributed by atoms with Gasteiger partial charge < -0.3 is 34.9 Å². The number of amides is 3. The SMILES string of the molecule is CCCCC[C@@H](C(=O)NCNC(=O)c1ccc(-c2cc(CNCP(=O)(O)O)cc(OCC)c2)o1)[C@@H](CC)N(O)C=O. The Bertz CT molecular complexity index is 1180. The maximum atomic E-state index is 12.9. The number of hydroxylamine groups is 2. The van der Waals surface area contributed by atoms with Gasteiger partial charge in [-0.15, -0.1) is 0 Å². The minimum Gasteiger partial charge on any atom is -0.494 e. The molecule has 0 spiro atoms. The van der Waals surface area contributed by atoms with Crippen molar-refractivity contribution in [3.63, 3.8) is 0 Å². The van der Waals surface area contributed by atoms with E-state index in [-0.39, 0.29) is 31.3 Å². The van der Waals surface area contributed by atoms with E-state index in [0.29, 0.717) is 47.1 Å². The smallest absolute Gasteiger partial charge is 0.339 e. The Morgan fingerprint density at radius 2 is 1.88 bits per heavy atom. The van der Waals surface area contributed by atoms with Crippen molar-refractivity contribution in [2.45, 2.75) is 65.5 Å². The third-order valence-corrected chi connectivity index (χ3v) is 6.97. The van der Waals surface area contributed by atoms with E-state index in [9.17, 15) is 24.2 Å². The summed E-state index contributed by atoms with van der Waals surface area (Å²) in [5.41, 5.74) is 1.29. The van der Waals surface area contributed by atoms with E-state index in [1.165, 1.54) is 6.07 Å². The van der Waals surface area contributed by atoms with Crippen LogP contribution in [0.25, 0.3) is 11.3 Å². The number of rotatable bonds is 19. The summed E-state index contributed by atoms with van der Waals surface area (Å²) in [6.45, 7) is 6.03. The van der Waals surface area contributed by atoms with E-state index in [0.717, 1.165) is 19.3 Å². The van der Waals surface area contributed by atoms with Crippen LogP contribution in [-0.2, 0) is 20.7 Å². The van der Waals surface area contributed by atoms with Gasteiger partial charge in [0.05, 0.1) is 31.5 Å². The number of benzene rings is 1. The van der Waals surface area contributed by atoms with E-state index < -0.39 is 31.7 Å². The second kappa shape index (κ2) is 16.9. The summed E-state index contributed by atoms with van der Waals surface area (Å²) < 4.78 is 22.5. The predicted molar refractivity (Wildman–Crippen MR) is 151 cm³/mol. The third kappa shape index (κ3) is 11.3. The summed E-state index contributed by atoms with van der Waals surface area (Å²) >= 11 is 0. The first-order valence-electron chi connectivity index (χ1n) is 13.6. The summed E-state index contributed by atoms with van der Waals surface area (Å²) in [6.07, 6.45) is 3.29. The molecule has 2 atom stereocenters. The van der Waals surface area contributed by atoms with E-state index in [1.54, 1.807) is 31.2 Å². The molecule has 0 bridgehead atoms. The van der Waals surface area contributed by atoms with Gasteiger partial charge in [0.15, 0.2) is 5.76 Å². The second-order valence-corrected chi connectivity index (χ2v) is 11.1. The Morgan fingerprint density at radius 3 is 2.51 bits per heavy atom. The van der Waals surface area contributed by atoms with Crippen LogP contribution in [0.4, 0.5) is 0 Å². The summed E-state index contributed by atoms with van der Waals surface area (Å²) in [5.74, 6) is -0.689. The molecule has 1 heterocycles. The van der Waals surface area contributed by atoms with Crippen LogP contribution in [0.5, 0.6) is 5.75 Å². The molecule has 2 rings (SSSR count). The Morgan fingerprint density at radius 1 is 1.12 bits per heavy atom. The lowest BCUT2D eigenvalue weighted by Crippen LogP contribution is -2.47. The fourth-order valence-corrected chi connectivity index (χ4v) is 4.80. The number of carbonyl (C=O) groups excluding carboxylic acids is 3. The average Bonchev–Trinajstić information content (AvgIpc) is 3.42. The number of ether oxygens (including phenoxy) is 1. The summed E-state index contributed by atoms with van der Waals surface area (Å²) in [4.78, 5) is 54.9. The van der Waals surface area contributed by atoms with Crippen molar-refractivity contribution in [2.75, 3.05) is 19.6 Å². The van der Waals surface area contributed by atoms with Crippen molar-refractivity contribution in [1.82, 2.24) is 21.0 Å². The highest BCUT2D eigenvalue weighted by atomic mass is 31.2. The molecule has 0 saturated heterocycles. The zero-order valence-corrected chi connectivity index (χ0v) is 24.6. The Hall–Kier alpha value is -3.22. The molecule has 228 valence electrons. The third-order valence-electron chi connectivity index (χ3n) is 6.34. The molecule has 0 aliphatic carbocycles. The van der Waals surface area contributed by atoms with Crippen LogP contribution in [0.2, 0.25) is 0 Å². The molecule has 6 N–H and O–H groups in total. The van der Waals surface area contributed by atoms with Gasteiger partial charge >= 0.3 is 7.60 Å². The maximum Gasteiger partial charge on any atom is 0.339 e. The molecule has 1 aromatic heterocycles. The lowest BCUT2D eigenvalue weighted by Gasteiger charge is -2.29. The zero-order chi connectivity index (χ0) is 30.4. The van der Waals surface area contributed by atoms with Gasteiger partial charge in [-0.1, -0.05) is 33.1 Å². The molecule has 0 unspecified atom stereocenters. The first-order valence-corrected chi connectivity index (χ1v) is 15.4. The Labute approximate surface area is 239 Å². The molecule has 3 amide bonds. The molecule has 13 nitrogen and oxygen atoms in total. The minimum atomic E-state index is -4.20. The highest BCUT2D eigenvalue weighted by molar-refractivity contribution is 7.51. The van der Waals surface area contributed by atoms with Gasteiger partial charge in [0, 0.05) is 12.1 Å². The second-order valence-electron chi connectivity index (χ2n) is 9.50. The van der Waals surface area contributed by atoms with Crippen LogP contribution in [0.3, 0.4) is 0 Å². The molecule has 2 aromatic rings. The van der Waals surface area contributed by atoms with Gasteiger partial charge in [-0.25, -0.2) is 5.06 Å². The summed E-state index contributed by atoms with van der Waals surface area (Å²) in [6, 6.07) is 7.63. The normalized spacial score (nSPS) is 12.8. The van der Waals surface area contributed by atoms with Crippen LogP contribution < -0.4 is 20.7 Å². The van der Waals surface area contributed by atoms with Gasteiger partial charge in [-0.2, -0.15) is 0 Å². The van der Waals surface area contributed by atoms with Crippen LogP contribution in [0.15, 0.2) is 34.7 Å². The molecule has 41 heavy (non-hydrogen) atoms. The summed E-state index contributed by atoms with van der Waals surface area (Å²) in [5, 5.41) is 18.4. The van der Waals surface area contributed by atoms with Crippen LogP contribution in [-0.4, -0.2) is 63.9 Å². The molecule has 0 saturated carbocycles. The maximum absolute atomic E-state index is 12.9. The molecule has 14 heteroatoms. The van der Waals surface area contributed by atoms with Crippen molar-refractivity contribution in [2.24, 2.45) is 5.92 Å². The highest BCUT2D eigenvalue weighted by Gasteiger charge is 2.30. The van der Waals surface area contributed by atoms with Crippen molar-refractivity contribution in [3.05, 3.63) is 41.7 Å². The van der Waals surface area contributed by atoms with Crippen LogP contribution in [0, 0.1) is 5.92 Å². The van der Waals surface area contributed by atoms with Gasteiger partial charge in [-0.3, -0.25) is 24.2 Å². The van der Waals surface area contributed by atoms with Crippen molar-refractivity contribution in [3.8, 4) is 17.1 Å². The first kappa shape index (κ1) is 34.0. The van der Waals surface area contributed by atoms with E-state index >= 15 is 0 Å². The number of nitrogens with zero attached hydrogens (tertiary/aromatic N) is 1. The fraction of sp³-hybridized carbons (Fsp3) is 0.519. The first-order chi connectivity index (χ1) is 19.5. The Balaban J connectivity index is 2.06. The predicted octanol–water partition coefficient (Wildman–Crippen LogP) is 3.20. The number of carbonyl (C=O) groups is 3. The quantitative estimate of drug-likeness (QED) is 0.0351. The molecule has 0 fully saturated rings. The summed E-state index contributed by atoms with van der Waals surface area (Å²) in [7, 11) is -4.20. The topological polar surface area (TPSA) is 191 Å². The molecular formula is C27H41N4O9P. The number of unbranched alkanes of at least 4 members (excludes halogenated alkanes) is 2. The minimum absolute atomic E-state index is 0.00524. The van der Waals surface area contributed by atoms with E-state index in [2.05, 4.69) is 16.0 Å². The standard InChI is InChI=1S/C27H41N4O9P/c1-4-7-8-9-22(23(5-2)31(35)18-32)26(33)29-16-30-27(34)25-11-10-24(40-25)20-12-19(13-21(14-20)39-6-3)15-28-17-41(36,37)38/h10-14,18,22-23,28,35H,4-9,15-17H2,1-3H3,(H,29,33)(H,30,34)(H2,36,37,38)/t22-,23-/m1/s1. The van der Waals surface area contributed by atoms with Gasteiger partial charge in [-0.05, 0) is 55.7 Å². The van der Waals surface area contributed by atoms with Crippen LogP contribution in [0.1, 0.15) is 69.0 Å². The fourth-order valence-electron chi connectivity index (χ4n) is 4.39. The highest BCUT2D eigenvalue weighted by Crippen LogP contribution is 2.33. The van der Waals surface area contributed by atoms with E-state index in [1.807, 2.05) is 13.8 Å². The largest absolute Gasteiger partial charge is 0.494 e. The molecule has 0 aliphatic heterocycles.